The second-order valence-corrected chi connectivity index (χ2v) is 10.6. The van der Waals surface area contributed by atoms with Crippen LogP contribution in [0.1, 0.15) is 24.1 Å². The second kappa shape index (κ2) is 10.7. The maximum Gasteiger partial charge on any atom is 0.433 e. The first-order valence-electron chi connectivity index (χ1n) is 11.6. The number of sulfonamides is 1. The summed E-state index contributed by atoms with van der Waals surface area (Å²) < 4.78 is 93.5. The Morgan fingerprint density at radius 1 is 1.13 bits per heavy atom. The van der Waals surface area contributed by atoms with Gasteiger partial charge in [-0.1, -0.05) is 0 Å². The maximum absolute atomic E-state index is 14.3. The number of nitrogens with zero attached hydrogens (tertiary/aromatic N) is 3. The van der Waals surface area contributed by atoms with E-state index in [9.17, 15) is 35.2 Å². The lowest BCUT2D eigenvalue weighted by atomic mass is 10.0. The molecule has 0 amide bonds. The van der Waals surface area contributed by atoms with Crippen LogP contribution in [-0.4, -0.2) is 54.3 Å². The molecule has 3 heterocycles. The van der Waals surface area contributed by atoms with Crippen molar-refractivity contribution in [2.45, 2.75) is 42.5 Å². The molecule has 0 spiro atoms. The van der Waals surface area contributed by atoms with Gasteiger partial charge in [-0.3, -0.25) is 9.78 Å². The molecule has 0 aliphatic carbocycles. The molecule has 13 heteroatoms. The number of nitrogens with one attached hydrogen (secondary N) is 1. The topological polar surface area (TPSA) is 92.3 Å². The van der Waals surface area contributed by atoms with Gasteiger partial charge in [0.05, 0.1) is 16.6 Å². The van der Waals surface area contributed by atoms with E-state index in [0.717, 1.165) is 34.6 Å². The highest BCUT2D eigenvalue weighted by Gasteiger charge is 2.43. The number of rotatable bonds is 8. The number of Topliss-reactive ketones (excluding diaryl/α,β-unsaturated/α-hetero) is 1. The Labute approximate surface area is 215 Å². The zero-order chi connectivity index (χ0) is 27.7. The summed E-state index contributed by atoms with van der Waals surface area (Å²) in [6, 6.07) is 8.16. The summed E-state index contributed by atoms with van der Waals surface area (Å²) in [6.07, 6.45) is -4.94. The number of pyridine rings is 2. The SMILES string of the molecule is CNc1nc(C(F)(F)F)ccc1-c1cc(CCC(=O)[C@@H]2C[C@@H](F)CN2S(=O)(=O)c2ccc(F)cc2)ccn1. The maximum atomic E-state index is 14.3. The van der Waals surface area contributed by atoms with Crippen LogP contribution in [0.2, 0.25) is 0 Å². The van der Waals surface area contributed by atoms with Crippen LogP contribution >= 0.6 is 0 Å². The van der Waals surface area contributed by atoms with Crippen LogP contribution in [0.5, 0.6) is 0 Å². The van der Waals surface area contributed by atoms with Crippen molar-refractivity contribution in [1.29, 1.82) is 0 Å². The summed E-state index contributed by atoms with van der Waals surface area (Å²) in [7, 11) is -2.80. The Kier molecular flexibility index (Phi) is 7.79. The zero-order valence-electron chi connectivity index (χ0n) is 20.0. The summed E-state index contributed by atoms with van der Waals surface area (Å²) in [5.41, 5.74) is 0.204. The highest BCUT2D eigenvalue weighted by Crippen LogP contribution is 2.33. The van der Waals surface area contributed by atoms with Crippen LogP contribution in [0, 0.1) is 5.82 Å². The number of carbonyl (C=O) groups excluding carboxylic acids is 1. The van der Waals surface area contributed by atoms with Gasteiger partial charge >= 0.3 is 6.18 Å². The molecule has 7 nitrogen and oxygen atoms in total. The normalized spacial score (nSPS) is 18.5. The Morgan fingerprint density at radius 2 is 1.84 bits per heavy atom. The summed E-state index contributed by atoms with van der Waals surface area (Å²) in [5, 5.41) is 2.63. The summed E-state index contributed by atoms with van der Waals surface area (Å²) in [6.45, 7) is -0.483. The van der Waals surface area contributed by atoms with E-state index in [1.165, 1.54) is 19.3 Å². The molecule has 0 unspecified atom stereocenters. The molecule has 2 atom stereocenters. The molecule has 1 fully saturated rings. The predicted octanol–water partition coefficient (Wildman–Crippen LogP) is 4.65. The van der Waals surface area contributed by atoms with Crippen molar-refractivity contribution in [2.24, 2.45) is 0 Å². The van der Waals surface area contributed by atoms with Crippen LogP contribution in [0.4, 0.5) is 27.8 Å². The smallest absolute Gasteiger partial charge is 0.373 e. The van der Waals surface area contributed by atoms with Crippen LogP contribution in [0.3, 0.4) is 0 Å². The number of aryl methyl sites for hydroxylation is 1. The molecule has 1 aromatic carbocycles. The van der Waals surface area contributed by atoms with Crippen molar-refractivity contribution in [3.05, 3.63) is 71.8 Å². The molecule has 1 saturated heterocycles. The highest BCUT2D eigenvalue weighted by atomic mass is 32.2. The summed E-state index contributed by atoms with van der Waals surface area (Å²) >= 11 is 0. The number of anilines is 1. The van der Waals surface area contributed by atoms with Crippen molar-refractivity contribution in [3.63, 3.8) is 0 Å². The van der Waals surface area contributed by atoms with Gasteiger partial charge in [-0.2, -0.15) is 17.5 Å². The van der Waals surface area contributed by atoms with Crippen LogP contribution in [-0.2, 0) is 27.4 Å². The van der Waals surface area contributed by atoms with E-state index >= 15 is 0 Å². The molecule has 1 aliphatic heterocycles. The third-order valence-electron chi connectivity index (χ3n) is 6.18. The van der Waals surface area contributed by atoms with E-state index < -0.39 is 52.3 Å². The lowest BCUT2D eigenvalue weighted by Crippen LogP contribution is -2.40. The highest BCUT2D eigenvalue weighted by molar-refractivity contribution is 7.89. The largest absolute Gasteiger partial charge is 0.433 e. The number of carbonyl (C=O) groups is 1. The summed E-state index contributed by atoms with van der Waals surface area (Å²) in [4.78, 5) is 20.6. The fourth-order valence-electron chi connectivity index (χ4n) is 4.28. The quantitative estimate of drug-likeness (QED) is 0.408. The van der Waals surface area contributed by atoms with Gasteiger partial charge in [0, 0.05) is 38.2 Å². The predicted molar refractivity (Wildman–Crippen MR) is 129 cm³/mol. The van der Waals surface area contributed by atoms with Crippen molar-refractivity contribution in [2.75, 3.05) is 18.9 Å². The van der Waals surface area contributed by atoms with Gasteiger partial charge in [0.2, 0.25) is 10.0 Å². The fourth-order valence-corrected chi connectivity index (χ4v) is 5.93. The average Bonchev–Trinajstić information content (AvgIpc) is 3.29. The lowest BCUT2D eigenvalue weighted by Gasteiger charge is -2.23. The molecule has 1 aliphatic rings. The van der Waals surface area contributed by atoms with Gasteiger partial charge in [0.1, 0.15) is 23.5 Å². The first-order chi connectivity index (χ1) is 17.9. The standard InChI is InChI=1S/C25H23F5N4O3S/c1-31-24-19(7-9-23(33-24)25(28,29)30)20-12-15(10-11-32-20)2-8-22(35)21-13-17(27)14-34(21)38(36,37)18-5-3-16(26)4-6-18/h3-7,9-12,17,21H,2,8,13-14H2,1H3,(H,31,33)/t17-,21+/m1/s1. The molecule has 1 N–H and O–H groups in total. The van der Waals surface area contributed by atoms with Crippen LogP contribution in [0.25, 0.3) is 11.3 Å². The third-order valence-corrected chi connectivity index (χ3v) is 8.07. The molecule has 0 bridgehead atoms. The first-order valence-corrected chi connectivity index (χ1v) is 13.0. The van der Waals surface area contributed by atoms with Gasteiger partial charge in [-0.15, -0.1) is 0 Å². The molecule has 4 rings (SSSR count). The Morgan fingerprint density at radius 3 is 2.50 bits per heavy atom. The van der Waals surface area contributed by atoms with E-state index in [1.54, 1.807) is 12.1 Å². The zero-order valence-corrected chi connectivity index (χ0v) is 20.9. The number of ketones is 1. The minimum absolute atomic E-state index is 0.0258. The molecular weight excluding hydrogens is 531 g/mol. The van der Waals surface area contributed by atoms with Gasteiger partial charge in [-0.25, -0.2) is 22.2 Å². The number of benzene rings is 1. The van der Waals surface area contributed by atoms with Gasteiger partial charge in [-0.05, 0) is 60.5 Å². The fraction of sp³-hybridized carbons (Fsp3) is 0.320. The molecule has 3 aromatic rings. The molecule has 38 heavy (non-hydrogen) atoms. The van der Waals surface area contributed by atoms with Crippen LogP contribution in [0.15, 0.2) is 59.6 Å². The van der Waals surface area contributed by atoms with E-state index in [1.807, 2.05) is 0 Å². The van der Waals surface area contributed by atoms with Gasteiger partial charge in [0.25, 0.3) is 0 Å². The van der Waals surface area contributed by atoms with E-state index in [0.29, 0.717) is 16.8 Å². The summed E-state index contributed by atoms with van der Waals surface area (Å²) in [5.74, 6) is -1.14. The lowest BCUT2D eigenvalue weighted by molar-refractivity contribution is -0.141. The Bertz CT molecular complexity index is 1430. The first kappa shape index (κ1) is 27.6. The molecule has 2 aromatic heterocycles. The minimum atomic E-state index is -4.61. The van der Waals surface area contributed by atoms with Gasteiger partial charge in [0.15, 0.2) is 5.78 Å². The number of alkyl halides is 4. The number of hydrogen-bond donors (Lipinski definition) is 1. The number of aromatic nitrogens is 2. The molecule has 202 valence electrons. The third kappa shape index (κ3) is 5.83. The van der Waals surface area contributed by atoms with Crippen molar-refractivity contribution >= 4 is 21.6 Å². The molecular formula is C25H23F5N4O3S. The Hall–Kier alpha value is -3.45. The number of hydrogen-bond acceptors (Lipinski definition) is 6. The van der Waals surface area contributed by atoms with E-state index in [2.05, 4.69) is 15.3 Å². The second-order valence-electron chi connectivity index (χ2n) is 8.73. The monoisotopic (exact) mass is 554 g/mol. The number of halogens is 5. The minimum Gasteiger partial charge on any atom is -0.373 e. The van der Waals surface area contributed by atoms with Crippen molar-refractivity contribution < 1.29 is 35.2 Å². The van der Waals surface area contributed by atoms with Crippen LogP contribution < -0.4 is 5.32 Å². The molecule has 0 saturated carbocycles. The van der Waals surface area contributed by atoms with E-state index in [-0.39, 0.29) is 30.0 Å². The average molecular weight is 555 g/mol. The Balaban J connectivity index is 1.51. The molecule has 0 radical (unpaired) electrons. The van der Waals surface area contributed by atoms with E-state index in [4.69, 9.17) is 0 Å². The van der Waals surface area contributed by atoms with Gasteiger partial charge < -0.3 is 5.32 Å². The van der Waals surface area contributed by atoms with Crippen molar-refractivity contribution in [3.8, 4) is 11.3 Å². The van der Waals surface area contributed by atoms with Crippen molar-refractivity contribution in [1.82, 2.24) is 14.3 Å².